The molecular weight excluding hydrogens is 629 g/mol. The topological polar surface area (TPSA) is 46.6 Å². The van der Waals surface area contributed by atoms with Gasteiger partial charge in [0.2, 0.25) is 5.91 Å². The van der Waals surface area contributed by atoms with Crippen molar-refractivity contribution in [3.05, 3.63) is 130 Å². The molecule has 0 saturated carbocycles. The maximum atomic E-state index is 14.4. The first kappa shape index (κ1) is 34.1. The second-order valence-corrected chi connectivity index (χ2v) is 18.9. The summed E-state index contributed by atoms with van der Waals surface area (Å²) in [6.45, 7) is 11.1. The summed E-state index contributed by atoms with van der Waals surface area (Å²) in [5.74, 6) is -0.327. The van der Waals surface area contributed by atoms with Crippen LogP contribution in [0.5, 0.6) is 0 Å². The second-order valence-electron chi connectivity index (χ2n) is 13.8. The predicted octanol–water partition coefficient (Wildman–Crippen LogP) is 8.61. The lowest BCUT2D eigenvalue weighted by atomic mass is 9.69. The van der Waals surface area contributed by atoms with Gasteiger partial charge in [0, 0.05) is 28.6 Å². The summed E-state index contributed by atoms with van der Waals surface area (Å²) < 4.78 is 7.22. The molecule has 0 aromatic heterocycles. The Morgan fingerprint density at radius 1 is 0.870 bits per heavy atom. The van der Waals surface area contributed by atoms with Crippen LogP contribution in [0.2, 0.25) is 15.1 Å². The fourth-order valence-electron chi connectivity index (χ4n) is 7.22. The van der Waals surface area contributed by atoms with Gasteiger partial charge in [-0.2, -0.15) is 0 Å². The molecule has 1 saturated heterocycles. The molecule has 0 aliphatic carbocycles. The molecule has 1 fully saturated rings. The molecule has 4 atom stereocenters. The van der Waals surface area contributed by atoms with Gasteiger partial charge in [0.1, 0.15) is 11.7 Å². The van der Waals surface area contributed by atoms with Crippen molar-refractivity contribution < 1.29 is 14.0 Å². The van der Waals surface area contributed by atoms with Crippen LogP contribution in [0.1, 0.15) is 70.5 Å². The van der Waals surface area contributed by atoms with E-state index in [0.717, 1.165) is 17.4 Å². The number of hydrogen-bond acceptors (Lipinski definition) is 3. The molecular formula is C39H43Cl2NO3Si. The summed E-state index contributed by atoms with van der Waals surface area (Å²) in [6.07, 6.45) is 1.80. The highest BCUT2D eigenvalue weighted by molar-refractivity contribution is 6.99. The number of benzene rings is 4. The molecule has 1 aliphatic heterocycles. The lowest BCUT2D eigenvalue weighted by Gasteiger charge is -2.50. The smallest absolute Gasteiger partial charge is 0.261 e. The van der Waals surface area contributed by atoms with Crippen LogP contribution >= 0.6 is 23.2 Å². The van der Waals surface area contributed by atoms with Crippen LogP contribution in [-0.2, 0) is 14.0 Å². The first-order chi connectivity index (χ1) is 21.9. The van der Waals surface area contributed by atoms with E-state index in [2.05, 4.69) is 76.2 Å². The minimum Gasteiger partial charge on any atom is -0.407 e. The van der Waals surface area contributed by atoms with Crippen LogP contribution in [-0.4, -0.2) is 38.1 Å². The van der Waals surface area contributed by atoms with E-state index in [1.807, 2.05) is 65.6 Å². The van der Waals surface area contributed by atoms with Gasteiger partial charge in [0.25, 0.3) is 8.32 Å². The number of rotatable bonds is 10. The Bertz CT molecular complexity index is 1600. The lowest BCUT2D eigenvalue weighted by molar-refractivity contribution is -0.156. The number of amides is 1. The highest BCUT2D eigenvalue weighted by Crippen LogP contribution is 2.50. The first-order valence-electron chi connectivity index (χ1n) is 16.0. The predicted molar refractivity (Wildman–Crippen MR) is 192 cm³/mol. The van der Waals surface area contributed by atoms with Crippen LogP contribution in [0.4, 0.5) is 0 Å². The van der Waals surface area contributed by atoms with E-state index in [0.29, 0.717) is 29.5 Å². The minimum atomic E-state index is -2.77. The highest BCUT2D eigenvalue weighted by atomic mass is 35.5. The van der Waals surface area contributed by atoms with Crippen molar-refractivity contribution in [2.45, 2.75) is 70.5 Å². The first-order valence-corrected chi connectivity index (χ1v) is 18.6. The van der Waals surface area contributed by atoms with Crippen molar-refractivity contribution in [3.63, 3.8) is 0 Å². The summed E-state index contributed by atoms with van der Waals surface area (Å²) in [5.41, 5.74) is 0.785. The Balaban J connectivity index is 1.54. The van der Waals surface area contributed by atoms with E-state index in [1.54, 1.807) is 6.92 Å². The van der Waals surface area contributed by atoms with Crippen molar-refractivity contribution >= 4 is 54.1 Å². The average molecular weight is 673 g/mol. The summed E-state index contributed by atoms with van der Waals surface area (Å²) in [4.78, 5) is 29.0. The van der Waals surface area contributed by atoms with E-state index in [1.165, 1.54) is 10.4 Å². The quantitative estimate of drug-likeness (QED) is 0.0963. The number of hydrogen-bond donors (Lipinski definition) is 0. The van der Waals surface area contributed by atoms with Crippen LogP contribution in [0, 0.1) is 5.41 Å². The molecule has 3 unspecified atom stereocenters. The zero-order chi connectivity index (χ0) is 33.1. The Kier molecular flexibility index (Phi) is 10.3. The zero-order valence-electron chi connectivity index (χ0n) is 27.3. The third kappa shape index (κ3) is 6.61. The van der Waals surface area contributed by atoms with Gasteiger partial charge >= 0.3 is 0 Å². The molecule has 1 aliphatic rings. The molecule has 0 N–H and O–H groups in total. The number of halogens is 2. The summed E-state index contributed by atoms with van der Waals surface area (Å²) >= 11 is 12.8. The van der Waals surface area contributed by atoms with Crippen LogP contribution < -0.4 is 10.4 Å². The minimum absolute atomic E-state index is 0.159. The summed E-state index contributed by atoms with van der Waals surface area (Å²) in [7, 11) is -2.77. The largest absolute Gasteiger partial charge is 0.407 e. The van der Waals surface area contributed by atoms with E-state index >= 15 is 0 Å². The standard InChI is InChI=1S/C39H43Cl2NO3Si/c1-28(23-24-45-46(38(2,3)4,33-15-8-6-9-16-33)34-17-10-7-11-18-34)42-36(29-19-21-31(40)22-20-29)35(26-39(5,27-43)37(42)44)30-13-12-14-32(41)25-30/h6-22,25,27-28,35-36H,23-24,26H2,1-5H3/t28-,35?,36?,39?/m0/s1. The Labute approximate surface area is 284 Å². The molecule has 4 nitrogen and oxygen atoms in total. The normalized spacial score (nSPS) is 21.2. The van der Waals surface area contributed by atoms with Gasteiger partial charge in [-0.15, -0.1) is 0 Å². The molecule has 1 heterocycles. The third-order valence-electron chi connectivity index (χ3n) is 9.54. The Morgan fingerprint density at radius 3 is 1.98 bits per heavy atom. The monoisotopic (exact) mass is 671 g/mol. The fourth-order valence-corrected chi connectivity index (χ4v) is 12.1. The van der Waals surface area contributed by atoms with E-state index < -0.39 is 13.7 Å². The molecule has 0 bridgehead atoms. The van der Waals surface area contributed by atoms with Gasteiger partial charge in [0.15, 0.2) is 0 Å². The van der Waals surface area contributed by atoms with Crippen molar-refractivity contribution in [2.75, 3.05) is 6.61 Å². The van der Waals surface area contributed by atoms with Crippen molar-refractivity contribution in [1.82, 2.24) is 4.90 Å². The van der Waals surface area contributed by atoms with Gasteiger partial charge in [0.05, 0.1) is 6.04 Å². The SMILES string of the molecule is C[C@@H](CCO[Si](c1ccccc1)(c1ccccc1)C(C)(C)C)N1C(=O)C(C)(C=O)CC(c2cccc(Cl)c2)C1c1ccc(Cl)cc1. The fraction of sp³-hybridized carbons (Fsp3) is 0.333. The third-order valence-corrected chi connectivity index (χ3v) is 15.1. The van der Waals surface area contributed by atoms with E-state index in [-0.39, 0.29) is 28.9 Å². The molecule has 1 amide bonds. The van der Waals surface area contributed by atoms with Gasteiger partial charge in [-0.25, -0.2) is 0 Å². The summed E-state index contributed by atoms with van der Waals surface area (Å²) in [6, 6.07) is 36.0. The highest BCUT2D eigenvalue weighted by Gasteiger charge is 2.52. The van der Waals surface area contributed by atoms with Gasteiger partial charge in [-0.1, -0.05) is 129 Å². The van der Waals surface area contributed by atoms with Crippen LogP contribution in [0.15, 0.2) is 109 Å². The number of aldehydes is 1. The Morgan fingerprint density at radius 2 is 1.46 bits per heavy atom. The molecule has 46 heavy (non-hydrogen) atoms. The average Bonchev–Trinajstić information content (AvgIpc) is 3.04. The number of carbonyl (C=O) groups is 2. The summed E-state index contributed by atoms with van der Waals surface area (Å²) in [5, 5.41) is 3.50. The van der Waals surface area contributed by atoms with Crippen LogP contribution in [0.3, 0.4) is 0 Å². The van der Waals surface area contributed by atoms with Gasteiger partial charge < -0.3 is 14.1 Å². The maximum Gasteiger partial charge on any atom is 0.261 e. The number of nitrogens with zero attached hydrogens (tertiary/aromatic N) is 1. The van der Waals surface area contributed by atoms with E-state index in [4.69, 9.17) is 27.6 Å². The molecule has 240 valence electrons. The number of piperidine rings is 1. The van der Waals surface area contributed by atoms with Gasteiger partial charge in [-0.05, 0) is 77.5 Å². The van der Waals surface area contributed by atoms with E-state index in [9.17, 15) is 9.59 Å². The maximum absolute atomic E-state index is 14.4. The molecule has 7 heteroatoms. The molecule has 0 radical (unpaired) electrons. The van der Waals surface area contributed by atoms with Crippen LogP contribution in [0.25, 0.3) is 0 Å². The number of likely N-dealkylation sites (tertiary alicyclic amines) is 1. The zero-order valence-corrected chi connectivity index (χ0v) is 29.8. The van der Waals surface area contributed by atoms with Crippen molar-refractivity contribution in [2.24, 2.45) is 5.41 Å². The van der Waals surface area contributed by atoms with Gasteiger partial charge in [-0.3, -0.25) is 4.79 Å². The number of carbonyl (C=O) groups excluding carboxylic acids is 2. The molecule has 5 rings (SSSR count). The van der Waals surface area contributed by atoms with Crippen molar-refractivity contribution in [1.29, 1.82) is 0 Å². The molecule has 4 aromatic rings. The van der Waals surface area contributed by atoms with Crippen molar-refractivity contribution in [3.8, 4) is 0 Å². The molecule has 0 spiro atoms. The Hall–Kier alpha value is -3.22. The molecule has 4 aromatic carbocycles. The second kappa shape index (κ2) is 13.9. The lowest BCUT2D eigenvalue weighted by Crippen LogP contribution is -2.66.